The lowest BCUT2D eigenvalue weighted by molar-refractivity contribution is -0.123. The summed E-state index contributed by atoms with van der Waals surface area (Å²) in [6, 6.07) is 9.21. The minimum Gasteiger partial charge on any atom is -0.496 e. The standard InChI is InChI=1S/C19H17F2N5O3/c1-29-16-5-3-2-4-11(16)10-22-26-19-24-15(18(28)25-19)9-17(27)23-12-6-7-13(20)14(21)8-12/h2-8,10,15H,9H2,1H3,(H,23,27)(H2,24,25,26,28)/b22-10-/t15-/m1/s1. The molecule has 0 aromatic heterocycles. The summed E-state index contributed by atoms with van der Waals surface area (Å²) in [7, 11) is 1.54. The predicted molar refractivity (Wildman–Crippen MR) is 103 cm³/mol. The number of anilines is 1. The lowest BCUT2D eigenvalue weighted by atomic mass is 10.2. The van der Waals surface area contributed by atoms with Gasteiger partial charge < -0.3 is 10.1 Å². The molecule has 3 rings (SSSR count). The lowest BCUT2D eigenvalue weighted by Gasteiger charge is -2.07. The third kappa shape index (κ3) is 5.12. The number of ether oxygens (including phenoxy) is 1. The van der Waals surface area contributed by atoms with Crippen LogP contribution >= 0.6 is 0 Å². The second-order valence-electron chi connectivity index (χ2n) is 5.98. The topological polar surface area (TPSA) is 104 Å². The molecule has 1 aliphatic rings. The van der Waals surface area contributed by atoms with Crippen LogP contribution in [0.25, 0.3) is 0 Å². The quantitative estimate of drug-likeness (QED) is 0.507. The van der Waals surface area contributed by atoms with Crippen molar-refractivity contribution in [2.24, 2.45) is 10.1 Å². The van der Waals surface area contributed by atoms with Gasteiger partial charge in [-0.1, -0.05) is 12.1 Å². The summed E-state index contributed by atoms with van der Waals surface area (Å²) < 4.78 is 31.3. The summed E-state index contributed by atoms with van der Waals surface area (Å²) >= 11 is 0. The molecule has 0 spiro atoms. The summed E-state index contributed by atoms with van der Waals surface area (Å²) in [6.45, 7) is 0. The Morgan fingerprint density at radius 2 is 2.07 bits per heavy atom. The normalized spacial score (nSPS) is 15.8. The van der Waals surface area contributed by atoms with Crippen LogP contribution in [-0.2, 0) is 9.59 Å². The monoisotopic (exact) mass is 401 g/mol. The second-order valence-corrected chi connectivity index (χ2v) is 5.98. The minimum atomic E-state index is -1.08. The number of carbonyl (C=O) groups excluding carboxylic acids is 2. The van der Waals surface area contributed by atoms with Crippen LogP contribution in [0, 0.1) is 11.6 Å². The van der Waals surface area contributed by atoms with Crippen molar-refractivity contribution in [2.75, 3.05) is 12.4 Å². The van der Waals surface area contributed by atoms with Gasteiger partial charge in [-0.05, 0) is 24.3 Å². The maximum Gasteiger partial charge on any atom is 0.252 e. The van der Waals surface area contributed by atoms with Crippen LogP contribution in [0.15, 0.2) is 52.6 Å². The van der Waals surface area contributed by atoms with Crippen LogP contribution < -0.4 is 20.8 Å². The molecular weight excluding hydrogens is 384 g/mol. The number of carbonyl (C=O) groups is 2. The van der Waals surface area contributed by atoms with Crippen molar-refractivity contribution >= 4 is 29.7 Å². The van der Waals surface area contributed by atoms with Crippen molar-refractivity contribution in [1.82, 2.24) is 10.7 Å². The van der Waals surface area contributed by atoms with E-state index in [1.165, 1.54) is 19.4 Å². The summed E-state index contributed by atoms with van der Waals surface area (Å²) in [6.07, 6.45) is 1.23. The SMILES string of the molecule is COc1ccccc1/C=N\NC1=N[C@H](CC(=O)Nc2ccc(F)c(F)c2)C(=O)N1. The fraction of sp³-hybridized carbons (Fsp3) is 0.158. The Kier molecular flexibility index (Phi) is 6.12. The molecule has 0 radical (unpaired) electrons. The average molecular weight is 401 g/mol. The zero-order chi connectivity index (χ0) is 20.8. The Balaban J connectivity index is 1.57. The number of hydrazone groups is 1. The van der Waals surface area contributed by atoms with Gasteiger partial charge in [0, 0.05) is 17.3 Å². The summed E-state index contributed by atoms with van der Waals surface area (Å²) in [5, 5.41) is 8.85. The molecule has 2 amide bonds. The molecule has 0 bridgehead atoms. The number of amides is 2. The van der Waals surface area contributed by atoms with Gasteiger partial charge in [-0.15, -0.1) is 0 Å². The molecule has 0 unspecified atom stereocenters. The number of rotatable bonds is 6. The van der Waals surface area contributed by atoms with Gasteiger partial charge in [-0.2, -0.15) is 5.10 Å². The summed E-state index contributed by atoms with van der Waals surface area (Å²) in [5.74, 6) is -2.45. The number of aliphatic imine (C=N–C) groups is 1. The Morgan fingerprint density at radius 1 is 1.28 bits per heavy atom. The van der Waals surface area contributed by atoms with Crippen molar-refractivity contribution in [1.29, 1.82) is 0 Å². The number of guanidine groups is 1. The van der Waals surface area contributed by atoms with Crippen molar-refractivity contribution in [3.63, 3.8) is 0 Å². The number of nitrogens with zero attached hydrogens (tertiary/aromatic N) is 2. The zero-order valence-electron chi connectivity index (χ0n) is 15.3. The van der Waals surface area contributed by atoms with Gasteiger partial charge in [0.15, 0.2) is 11.6 Å². The summed E-state index contributed by atoms with van der Waals surface area (Å²) in [5.41, 5.74) is 3.38. The highest BCUT2D eigenvalue weighted by Crippen LogP contribution is 2.15. The molecular formula is C19H17F2N5O3. The molecule has 1 atom stereocenters. The van der Waals surface area contributed by atoms with Crippen LogP contribution in [0.4, 0.5) is 14.5 Å². The first kappa shape index (κ1) is 19.9. The first-order chi connectivity index (χ1) is 14.0. The zero-order valence-corrected chi connectivity index (χ0v) is 15.3. The van der Waals surface area contributed by atoms with E-state index in [9.17, 15) is 18.4 Å². The number of nitrogens with one attached hydrogen (secondary N) is 3. The maximum atomic E-state index is 13.2. The Bertz CT molecular complexity index is 994. The van der Waals surface area contributed by atoms with Gasteiger partial charge in [0.25, 0.3) is 5.91 Å². The van der Waals surface area contributed by atoms with E-state index < -0.39 is 29.5 Å². The van der Waals surface area contributed by atoms with Gasteiger partial charge in [0.05, 0.1) is 19.7 Å². The number of halogens is 2. The van der Waals surface area contributed by atoms with E-state index in [2.05, 4.69) is 26.2 Å². The van der Waals surface area contributed by atoms with Gasteiger partial charge >= 0.3 is 0 Å². The van der Waals surface area contributed by atoms with Gasteiger partial charge in [-0.25, -0.2) is 19.2 Å². The van der Waals surface area contributed by atoms with Gasteiger partial charge in [-0.3, -0.25) is 14.9 Å². The van der Waals surface area contributed by atoms with E-state index >= 15 is 0 Å². The van der Waals surface area contributed by atoms with E-state index in [1.54, 1.807) is 12.1 Å². The van der Waals surface area contributed by atoms with Crippen molar-refractivity contribution < 1.29 is 23.1 Å². The fourth-order valence-electron chi connectivity index (χ4n) is 2.54. The third-order valence-corrected chi connectivity index (χ3v) is 3.92. The highest BCUT2D eigenvalue weighted by atomic mass is 19.2. The highest BCUT2D eigenvalue weighted by Gasteiger charge is 2.28. The predicted octanol–water partition coefficient (Wildman–Crippen LogP) is 1.78. The van der Waals surface area contributed by atoms with Crippen molar-refractivity contribution in [2.45, 2.75) is 12.5 Å². The molecule has 150 valence electrons. The number of para-hydroxylation sites is 1. The average Bonchev–Trinajstić information content (AvgIpc) is 3.04. The molecule has 0 saturated heterocycles. The highest BCUT2D eigenvalue weighted by molar-refractivity contribution is 6.07. The number of hydrogen-bond acceptors (Lipinski definition) is 6. The van der Waals surface area contributed by atoms with Crippen LogP contribution in [0.1, 0.15) is 12.0 Å². The van der Waals surface area contributed by atoms with E-state index in [0.29, 0.717) is 5.75 Å². The Labute approximate surface area is 164 Å². The number of benzene rings is 2. The fourth-order valence-corrected chi connectivity index (χ4v) is 2.54. The van der Waals surface area contributed by atoms with Crippen LogP contribution in [0.2, 0.25) is 0 Å². The van der Waals surface area contributed by atoms with Crippen molar-refractivity contribution in [3.05, 3.63) is 59.7 Å². The van der Waals surface area contributed by atoms with Gasteiger partial charge in [0.1, 0.15) is 11.8 Å². The molecule has 0 fully saturated rings. The molecule has 2 aromatic carbocycles. The first-order valence-electron chi connectivity index (χ1n) is 8.52. The first-order valence-corrected chi connectivity index (χ1v) is 8.52. The largest absolute Gasteiger partial charge is 0.496 e. The van der Waals surface area contributed by atoms with E-state index in [1.807, 2.05) is 12.1 Å². The van der Waals surface area contributed by atoms with Crippen LogP contribution in [0.3, 0.4) is 0 Å². The van der Waals surface area contributed by atoms with Crippen molar-refractivity contribution in [3.8, 4) is 5.75 Å². The van der Waals surface area contributed by atoms with E-state index in [0.717, 1.165) is 17.7 Å². The maximum absolute atomic E-state index is 13.2. The third-order valence-electron chi connectivity index (χ3n) is 3.92. The minimum absolute atomic E-state index is 0.0797. The van der Waals surface area contributed by atoms with E-state index in [4.69, 9.17) is 4.74 Å². The molecule has 0 aliphatic carbocycles. The molecule has 0 saturated carbocycles. The van der Waals surface area contributed by atoms with E-state index in [-0.39, 0.29) is 18.1 Å². The molecule has 8 nitrogen and oxygen atoms in total. The Hall–Kier alpha value is -3.82. The smallest absolute Gasteiger partial charge is 0.252 e. The molecule has 1 heterocycles. The van der Waals surface area contributed by atoms with Crippen LogP contribution in [0.5, 0.6) is 5.75 Å². The molecule has 10 heteroatoms. The lowest BCUT2D eigenvalue weighted by Crippen LogP contribution is -2.35. The molecule has 1 aliphatic heterocycles. The molecule has 29 heavy (non-hydrogen) atoms. The number of hydrogen-bond donors (Lipinski definition) is 3. The molecule has 2 aromatic rings. The molecule has 3 N–H and O–H groups in total. The second kappa shape index (κ2) is 8.91. The Morgan fingerprint density at radius 3 is 2.83 bits per heavy atom. The number of methoxy groups -OCH3 is 1. The summed E-state index contributed by atoms with van der Waals surface area (Å²) in [4.78, 5) is 28.1. The van der Waals surface area contributed by atoms with Gasteiger partial charge in [0.2, 0.25) is 11.9 Å². The van der Waals surface area contributed by atoms with Crippen LogP contribution in [-0.4, -0.2) is 37.1 Å².